The molecular weight excluding hydrogens is 533 g/mol. The first-order valence-electron chi connectivity index (χ1n) is 11.2. The number of nitrogens with two attached hydrogens (primary N) is 1. The third kappa shape index (κ3) is 8.37. The fourth-order valence-corrected chi connectivity index (χ4v) is 4.73. The first kappa shape index (κ1) is 26.6. The van der Waals surface area contributed by atoms with Gasteiger partial charge in [0.05, 0.1) is 12.5 Å². The molecule has 1 fully saturated rings. The Morgan fingerprint density at radius 3 is 2.84 bits per heavy atom. The summed E-state index contributed by atoms with van der Waals surface area (Å²) in [6, 6.07) is 10.8. The Morgan fingerprint density at radius 1 is 1.31 bits per heavy atom. The van der Waals surface area contributed by atoms with Gasteiger partial charge in [0.2, 0.25) is 5.91 Å². The summed E-state index contributed by atoms with van der Waals surface area (Å²) in [7, 11) is 0. The molecule has 0 bridgehead atoms. The Bertz CT molecular complexity index is 858. The molecule has 2 unspecified atom stereocenters. The van der Waals surface area contributed by atoms with Crippen LogP contribution in [0.1, 0.15) is 49.3 Å². The topological polar surface area (TPSA) is 82.8 Å². The summed E-state index contributed by atoms with van der Waals surface area (Å²) >= 11 is 1.74. The normalized spacial score (nSPS) is 17.9. The molecule has 2 atom stereocenters. The van der Waals surface area contributed by atoms with E-state index >= 15 is 0 Å². The van der Waals surface area contributed by atoms with Crippen LogP contribution in [0, 0.1) is 5.92 Å². The van der Waals surface area contributed by atoms with Crippen LogP contribution in [0.15, 0.2) is 46.1 Å². The highest BCUT2D eigenvalue weighted by atomic mass is 127. The highest BCUT2D eigenvalue weighted by Crippen LogP contribution is 2.19. The van der Waals surface area contributed by atoms with E-state index in [0.717, 1.165) is 51.5 Å². The van der Waals surface area contributed by atoms with Crippen LogP contribution in [0.25, 0.3) is 0 Å². The van der Waals surface area contributed by atoms with Crippen LogP contribution >= 0.6 is 35.3 Å². The minimum absolute atomic E-state index is 0. The first-order chi connectivity index (χ1) is 15.0. The van der Waals surface area contributed by atoms with Gasteiger partial charge in [-0.05, 0) is 65.7 Å². The summed E-state index contributed by atoms with van der Waals surface area (Å²) in [5.74, 6) is 1.08. The minimum atomic E-state index is -0.176. The van der Waals surface area contributed by atoms with Gasteiger partial charge < -0.3 is 16.4 Å². The predicted molar refractivity (Wildman–Crippen MR) is 145 cm³/mol. The fraction of sp³-hybridized carbons (Fsp3) is 0.500. The van der Waals surface area contributed by atoms with Gasteiger partial charge >= 0.3 is 0 Å². The number of amides is 1. The van der Waals surface area contributed by atoms with E-state index in [1.54, 1.807) is 11.3 Å². The van der Waals surface area contributed by atoms with E-state index in [2.05, 4.69) is 70.5 Å². The molecule has 8 heteroatoms. The zero-order chi connectivity index (χ0) is 22.1. The van der Waals surface area contributed by atoms with Crippen LogP contribution < -0.4 is 16.4 Å². The standard InChI is InChI=1S/C24H35N5OS.HI/c1-3-26-24(27-13-18(2)22-9-11-31-17-22)28-14-19-6-4-7-20(12-19)15-29-10-5-8-21(16-29)23(25)30;/h4,6-7,9,11-12,17-18,21H,3,5,8,10,13-16H2,1-2H3,(H2,25,30)(H2,26,27,28);1H. The van der Waals surface area contributed by atoms with Crippen molar-refractivity contribution in [2.75, 3.05) is 26.2 Å². The number of halogens is 1. The number of thiophene rings is 1. The Hall–Kier alpha value is -1.65. The third-order valence-electron chi connectivity index (χ3n) is 5.76. The molecule has 1 saturated heterocycles. The lowest BCUT2D eigenvalue weighted by atomic mass is 9.97. The number of nitrogens with zero attached hydrogens (tertiary/aromatic N) is 2. The molecule has 1 aromatic carbocycles. The molecule has 0 spiro atoms. The SMILES string of the molecule is CCNC(=NCc1cccc(CN2CCCC(C(N)=O)C2)c1)NCC(C)c1ccsc1.I. The van der Waals surface area contributed by atoms with Crippen molar-refractivity contribution in [1.82, 2.24) is 15.5 Å². The lowest BCUT2D eigenvalue weighted by molar-refractivity contribution is -0.123. The molecule has 2 aromatic rings. The number of rotatable bonds is 9. The van der Waals surface area contributed by atoms with Crippen molar-refractivity contribution in [2.45, 2.75) is 45.7 Å². The van der Waals surface area contributed by atoms with Gasteiger partial charge in [-0.25, -0.2) is 4.99 Å². The van der Waals surface area contributed by atoms with Crippen LogP contribution in [0.2, 0.25) is 0 Å². The van der Waals surface area contributed by atoms with Crippen molar-refractivity contribution in [1.29, 1.82) is 0 Å². The summed E-state index contributed by atoms with van der Waals surface area (Å²) in [4.78, 5) is 18.7. The van der Waals surface area contributed by atoms with Crippen molar-refractivity contribution < 1.29 is 4.79 Å². The van der Waals surface area contributed by atoms with Gasteiger partial charge in [0.15, 0.2) is 5.96 Å². The van der Waals surface area contributed by atoms with Gasteiger partial charge in [0, 0.05) is 26.2 Å². The lowest BCUT2D eigenvalue weighted by Crippen LogP contribution is -2.40. The number of aliphatic imine (C=N–C) groups is 1. The monoisotopic (exact) mass is 569 g/mol. The van der Waals surface area contributed by atoms with Crippen LogP contribution in [0.3, 0.4) is 0 Å². The van der Waals surface area contributed by atoms with E-state index in [1.807, 2.05) is 0 Å². The van der Waals surface area contributed by atoms with E-state index in [1.165, 1.54) is 16.7 Å². The largest absolute Gasteiger partial charge is 0.369 e. The predicted octanol–water partition coefficient (Wildman–Crippen LogP) is 3.92. The van der Waals surface area contributed by atoms with Gasteiger partial charge in [-0.3, -0.25) is 9.69 Å². The minimum Gasteiger partial charge on any atom is -0.369 e. The summed E-state index contributed by atoms with van der Waals surface area (Å²) < 4.78 is 0. The van der Waals surface area contributed by atoms with E-state index < -0.39 is 0 Å². The number of carbonyl (C=O) groups excluding carboxylic acids is 1. The second-order valence-electron chi connectivity index (χ2n) is 8.33. The first-order valence-corrected chi connectivity index (χ1v) is 12.1. The number of nitrogens with one attached hydrogen (secondary N) is 2. The van der Waals surface area contributed by atoms with Gasteiger partial charge in [-0.2, -0.15) is 11.3 Å². The van der Waals surface area contributed by atoms with Crippen LogP contribution in [0.4, 0.5) is 0 Å². The molecule has 2 heterocycles. The van der Waals surface area contributed by atoms with Crippen molar-refractivity contribution in [3.8, 4) is 0 Å². The summed E-state index contributed by atoms with van der Waals surface area (Å²) in [5, 5.41) is 11.1. The second kappa shape index (κ2) is 13.8. The lowest BCUT2D eigenvalue weighted by Gasteiger charge is -2.31. The number of primary amides is 1. The molecule has 6 nitrogen and oxygen atoms in total. The Labute approximate surface area is 213 Å². The molecule has 3 rings (SSSR count). The molecule has 1 aliphatic rings. The molecule has 0 saturated carbocycles. The molecule has 4 N–H and O–H groups in total. The maximum Gasteiger partial charge on any atom is 0.221 e. The zero-order valence-corrected chi connectivity index (χ0v) is 22.2. The highest BCUT2D eigenvalue weighted by Gasteiger charge is 2.23. The maximum atomic E-state index is 11.5. The van der Waals surface area contributed by atoms with Crippen LogP contribution in [0.5, 0.6) is 0 Å². The average molecular weight is 570 g/mol. The van der Waals surface area contributed by atoms with Gasteiger partial charge in [-0.15, -0.1) is 24.0 Å². The molecule has 0 radical (unpaired) electrons. The number of carbonyl (C=O) groups is 1. The van der Waals surface area contributed by atoms with Crippen LogP contribution in [-0.2, 0) is 17.9 Å². The smallest absolute Gasteiger partial charge is 0.221 e. The highest BCUT2D eigenvalue weighted by molar-refractivity contribution is 14.0. The molecule has 1 aliphatic heterocycles. The number of hydrogen-bond acceptors (Lipinski definition) is 4. The van der Waals surface area contributed by atoms with Crippen molar-refractivity contribution in [3.63, 3.8) is 0 Å². The van der Waals surface area contributed by atoms with Crippen molar-refractivity contribution >= 4 is 47.2 Å². The molecule has 0 aliphatic carbocycles. The third-order valence-corrected chi connectivity index (χ3v) is 6.46. The molecule has 32 heavy (non-hydrogen) atoms. The molecule has 176 valence electrons. The van der Waals surface area contributed by atoms with E-state index in [0.29, 0.717) is 12.5 Å². The summed E-state index contributed by atoms with van der Waals surface area (Å²) in [5.41, 5.74) is 9.31. The molecular formula is C24H36IN5OS. The number of guanidine groups is 1. The summed E-state index contributed by atoms with van der Waals surface area (Å²) in [6.07, 6.45) is 1.94. The fourth-order valence-electron chi connectivity index (χ4n) is 3.95. The Morgan fingerprint density at radius 2 is 2.12 bits per heavy atom. The van der Waals surface area contributed by atoms with Gasteiger partial charge in [0.25, 0.3) is 0 Å². The Kier molecular flexibility index (Phi) is 11.5. The van der Waals surface area contributed by atoms with Crippen molar-refractivity contribution in [3.05, 3.63) is 57.8 Å². The quantitative estimate of drug-likeness (QED) is 0.243. The number of benzene rings is 1. The number of piperidine rings is 1. The van der Waals surface area contributed by atoms with Gasteiger partial charge in [-0.1, -0.05) is 31.2 Å². The Balaban J connectivity index is 0.00000363. The second-order valence-corrected chi connectivity index (χ2v) is 9.11. The van der Waals surface area contributed by atoms with E-state index in [4.69, 9.17) is 10.7 Å². The molecule has 1 aromatic heterocycles. The zero-order valence-electron chi connectivity index (χ0n) is 19.0. The van der Waals surface area contributed by atoms with E-state index in [-0.39, 0.29) is 35.8 Å². The maximum absolute atomic E-state index is 11.5. The summed E-state index contributed by atoms with van der Waals surface area (Å²) in [6.45, 7) is 9.23. The number of likely N-dealkylation sites (tertiary alicyclic amines) is 1. The van der Waals surface area contributed by atoms with Gasteiger partial charge in [0.1, 0.15) is 0 Å². The van der Waals surface area contributed by atoms with Crippen molar-refractivity contribution in [2.24, 2.45) is 16.6 Å². The van der Waals surface area contributed by atoms with E-state index in [9.17, 15) is 4.79 Å². The average Bonchev–Trinajstić information content (AvgIpc) is 3.31. The van der Waals surface area contributed by atoms with Crippen LogP contribution in [-0.4, -0.2) is 42.9 Å². The number of hydrogen-bond donors (Lipinski definition) is 3. The molecule has 1 amide bonds.